The Kier molecular flexibility index (Phi) is 6.98. The van der Waals surface area contributed by atoms with Crippen LogP contribution < -0.4 is 10.1 Å². The second kappa shape index (κ2) is 7.98. The Morgan fingerprint density at radius 2 is 2.11 bits per heavy atom. The molecule has 1 aromatic rings. The maximum atomic E-state index is 6.22. The largest absolute Gasteiger partial charge is 0.492 e. The van der Waals surface area contributed by atoms with Gasteiger partial charge in [0.1, 0.15) is 5.75 Å². The molecule has 0 bridgehead atoms. The Balaban J connectivity index is 0.00000180. The first kappa shape index (κ1) is 16.6. The van der Waals surface area contributed by atoms with Gasteiger partial charge in [-0.25, -0.2) is 0 Å². The van der Waals surface area contributed by atoms with E-state index in [1.807, 2.05) is 13.0 Å². The van der Waals surface area contributed by atoms with Crippen LogP contribution in [0.5, 0.6) is 5.75 Å². The van der Waals surface area contributed by atoms with Gasteiger partial charge in [-0.2, -0.15) is 0 Å². The third-order valence-corrected chi connectivity index (χ3v) is 3.78. The molecule has 1 fully saturated rings. The van der Waals surface area contributed by atoms with Crippen LogP contribution in [0.25, 0.3) is 0 Å². The first-order valence-electron chi connectivity index (χ1n) is 6.80. The van der Waals surface area contributed by atoms with Gasteiger partial charge in [-0.1, -0.05) is 24.1 Å². The lowest BCUT2D eigenvalue weighted by molar-refractivity contribution is 0.267. The summed E-state index contributed by atoms with van der Waals surface area (Å²) in [6.45, 7) is 5.98. The summed E-state index contributed by atoms with van der Waals surface area (Å²) in [6.07, 6.45) is 4.97. The van der Waals surface area contributed by atoms with E-state index >= 15 is 0 Å². The van der Waals surface area contributed by atoms with E-state index in [9.17, 15) is 0 Å². The number of benzene rings is 1. The van der Waals surface area contributed by atoms with Crippen LogP contribution in [0.15, 0.2) is 12.1 Å². The number of hydrogen-bond donors (Lipinski definition) is 1. The fraction of sp³-hybridized carbons (Fsp3) is 0.600. The van der Waals surface area contributed by atoms with Crippen LogP contribution in [0.1, 0.15) is 36.8 Å². The minimum absolute atomic E-state index is 0. The number of nitrogens with one attached hydrogen (secondary N) is 1. The first-order valence-corrected chi connectivity index (χ1v) is 7.17. The normalized spacial score (nSPS) is 18.8. The average molecular weight is 304 g/mol. The molecule has 0 saturated carbocycles. The predicted molar refractivity (Wildman–Crippen MR) is 83.9 cm³/mol. The summed E-state index contributed by atoms with van der Waals surface area (Å²) in [5, 5.41) is 4.26. The zero-order chi connectivity index (χ0) is 13.0. The molecule has 0 aromatic heterocycles. The Labute approximate surface area is 127 Å². The Morgan fingerprint density at radius 1 is 1.32 bits per heavy atom. The summed E-state index contributed by atoms with van der Waals surface area (Å²) in [5.41, 5.74) is 2.30. The van der Waals surface area contributed by atoms with Crippen molar-refractivity contribution in [2.75, 3.05) is 13.2 Å². The lowest BCUT2D eigenvalue weighted by Crippen LogP contribution is -2.35. The topological polar surface area (TPSA) is 21.3 Å². The highest BCUT2D eigenvalue weighted by Crippen LogP contribution is 2.30. The van der Waals surface area contributed by atoms with Gasteiger partial charge in [0.15, 0.2) is 0 Å². The second-order valence-electron chi connectivity index (χ2n) is 5.18. The molecule has 0 radical (unpaired) electrons. The molecular weight excluding hydrogens is 281 g/mol. The molecule has 0 spiro atoms. The van der Waals surface area contributed by atoms with E-state index < -0.39 is 0 Å². The van der Waals surface area contributed by atoms with Crippen LogP contribution in [0, 0.1) is 13.8 Å². The number of ether oxygens (including phenoxy) is 1. The molecule has 1 aromatic carbocycles. The van der Waals surface area contributed by atoms with Crippen LogP contribution in [-0.4, -0.2) is 19.2 Å². The van der Waals surface area contributed by atoms with Crippen molar-refractivity contribution >= 4 is 24.0 Å². The van der Waals surface area contributed by atoms with Crippen molar-refractivity contribution in [1.82, 2.24) is 5.32 Å². The summed E-state index contributed by atoms with van der Waals surface area (Å²) in [7, 11) is 0. The molecule has 1 N–H and O–H groups in total. The monoisotopic (exact) mass is 303 g/mol. The fourth-order valence-electron chi connectivity index (χ4n) is 2.56. The van der Waals surface area contributed by atoms with E-state index in [0.29, 0.717) is 6.04 Å². The summed E-state index contributed by atoms with van der Waals surface area (Å²) in [6, 6.07) is 4.69. The highest BCUT2D eigenvalue weighted by molar-refractivity contribution is 6.32. The SMILES string of the molecule is Cc1cc(C)c(OCCC2CCCCN2)c(Cl)c1.Cl. The average Bonchev–Trinajstić information content (AvgIpc) is 2.34. The second-order valence-corrected chi connectivity index (χ2v) is 5.58. The molecule has 19 heavy (non-hydrogen) atoms. The molecule has 1 aliphatic rings. The molecule has 108 valence electrons. The van der Waals surface area contributed by atoms with Crippen molar-refractivity contribution < 1.29 is 4.74 Å². The zero-order valence-electron chi connectivity index (χ0n) is 11.7. The molecular formula is C15H23Cl2NO. The van der Waals surface area contributed by atoms with Gasteiger partial charge in [-0.3, -0.25) is 0 Å². The molecule has 1 aliphatic heterocycles. The van der Waals surface area contributed by atoms with Crippen LogP contribution in [0.2, 0.25) is 5.02 Å². The summed E-state index contributed by atoms with van der Waals surface area (Å²) >= 11 is 6.22. The van der Waals surface area contributed by atoms with Gasteiger partial charge in [-0.05, 0) is 56.8 Å². The summed E-state index contributed by atoms with van der Waals surface area (Å²) < 4.78 is 5.85. The van der Waals surface area contributed by atoms with E-state index in [1.54, 1.807) is 0 Å². The standard InChI is InChI=1S/C15H22ClNO.ClH/c1-11-9-12(2)15(14(16)10-11)18-8-6-13-5-3-4-7-17-13;/h9-10,13,17H,3-8H2,1-2H3;1H. The Morgan fingerprint density at radius 3 is 2.74 bits per heavy atom. The molecule has 4 heteroatoms. The number of rotatable bonds is 4. The fourth-order valence-corrected chi connectivity index (χ4v) is 2.93. The summed E-state index contributed by atoms with van der Waals surface area (Å²) in [5.74, 6) is 0.845. The Bertz CT molecular complexity index is 380. The van der Waals surface area contributed by atoms with Crippen molar-refractivity contribution in [3.8, 4) is 5.75 Å². The van der Waals surface area contributed by atoms with Crippen LogP contribution in [0.4, 0.5) is 0 Å². The van der Waals surface area contributed by atoms with Gasteiger partial charge < -0.3 is 10.1 Å². The van der Waals surface area contributed by atoms with Gasteiger partial charge in [-0.15, -0.1) is 12.4 Å². The number of hydrogen-bond acceptors (Lipinski definition) is 2. The quantitative estimate of drug-likeness (QED) is 0.896. The minimum Gasteiger partial charge on any atom is -0.492 e. The molecule has 1 saturated heterocycles. The molecule has 2 rings (SSSR count). The van der Waals surface area contributed by atoms with Gasteiger partial charge in [0.2, 0.25) is 0 Å². The summed E-state index contributed by atoms with van der Waals surface area (Å²) in [4.78, 5) is 0. The molecule has 1 atom stereocenters. The Hall–Kier alpha value is -0.440. The third kappa shape index (κ3) is 4.87. The molecule has 1 heterocycles. The van der Waals surface area contributed by atoms with Crippen molar-refractivity contribution in [3.63, 3.8) is 0 Å². The maximum Gasteiger partial charge on any atom is 0.140 e. The van der Waals surface area contributed by atoms with E-state index in [-0.39, 0.29) is 12.4 Å². The first-order chi connectivity index (χ1) is 8.66. The van der Waals surface area contributed by atoms with Crippen molar-refractivity contribution in [2.24, 2.45) is 0 Å². The van der Waals surface area contributed by atoms with Crippen LogP contribution in [0.3, 0.4) is 0 Å². The lowest BCUT2D eigenvalue weighted by atomic mass is 10.0. The van der Waals surface area contributed by atoms with E-state index in [4.69, 9.17) is 16.3 Å². The van der Waals surface area contributed by atoms with Gasteiger partial charge in [0.25, 0.3) is 0 Å². The third-order valence-electron chi connectivity index (χ3n) is 3.50. The van der Waals surface area contributed by atoms with Crippen molar-refractivity contribution in [3.05, 3.63) is 28.3 Å². The molecule has 0 amide bonds. The van der Waals surface area contributed by atoms with Crippen molar-refractivity contribution in [2.45, 2.75) is 45.6 Å². The van der Waals surface area contributed by atoms with E-state index in [2.05, 4.69) is 18.3 Å². The number of piperidine rings is 1. The van der Waals surface area contributed by atoms with Gasteiger partial charge in [0, 0.05) is 6.04 Å². The van der Waals surface area contributed by atoms with E-state index in [0.717, 1.165) is 35.9 Å². The highest BCUT2D eigenvalue weighted by Gasteiger charge is 2.13. The molecule has 2 nitrogen and oxygen atoms in total. The van der Waals surface area contributed by atoms with Crippen LogP contribution >= 0.6 is 24.0 Å². The number of aryl methyl sites for hydroxylation is 2. The molecule has 1 unspecified atom stereocenters. The smallest absolute Gasteiger partial charge is 0.140 e. The highest BCUT2D eigenvalue weighted by atomic mass is 35.5. The molecule has 0 aliphatic carbocycles. The lowest BCUT2D eigenvalue weighted by Gasteiger charge is -2.23. The van der Waals surface area contributed by atoms with Crippen molar-refractivity contribution in [1.29, 1.82) is 0 Å². The van der Waals surface area contributed by atoms with E-state index in [1.165, 1.54) is 24.8 Å². The number of halogens is 2. The zero-order valence-corrected chi connectivity index (χ0v) is 13.2. The van der Waals surface area contributed by atoms with Gasteiger partial charge >= 0.3 is 0 Å². The van der Waals surface area contributed by atoms with Crippen LogP contribution in [-0.2, 0) is 0 Å². The predicted octanol–water partition coefficient (Wildman–Crippen LogP) is 4.29. The van der Waals surface area contributed by atoms with Gasteiger partial charge in [0.05, 0.1) is 11.6 Å². The maximum absolute atomic E-state index is 6.22. The minimum atomic E-state index is 0.